The number of nitrogens with one attached hydrogen (secondary N) is 1. The molecule has 2 N–H and O–H groups in total. The second-order valence-corrected chi connectivity index (χ2v) is 4.61. The SMILES string of the molecule is CC(CN(C)C)c1c[nH]c2cccc(O)c12. The molecule has 1 aromatic heterocycles. The number of aromatic amines is 1. The standard InChI is InChI=1S/C13H18N2O/c1-9(8-15(2)3)10-7-14-11-5-4-6-12(16)13(10)11/h4-7,9,14,16H,8H2,1-3H3. The van der Waals surface area contributed by atoms with Crippen molar-refractivity contribution < 1.29 is 5.11 Å². The quantitative estimate of drug-likeness (QED) is 0.831. The molecule has 0 bridgehead atoms. The molecule has 2 aromatic rings. The van der Waals surface area contributed by atoms with Crippen LogP contribution in [-0.4, -0.2) is 35.6 Å². The van der Waals surface area contributed by atoms with Gasteiger partial charge in [-0.2, -0.15) is 0 Å². The van der Waals surface area contributed by atoms with Gasteiger partial charge in [-0.05, 0) is 37.7 Å². The van der Waals surface area contributed by atoms with E-state index in [9.17, 15) is 5.11 Å². The summed E-state index contributed by atoms with van der Waals surface area (Å²) in [7, 11) is 4.12. The van der Waals surface area contributed by atoms with Crippen molar-refractivity contribution in [2.45, 2.75) is 12.8 Å². The lowest BCUT2D eigenvalue weighted by atomic mass is 9.99. The smallest absolute Gasteiger partial charge is 0.125 e. The van der Waals surface area contributed by atoms with Gasteiger partial charge in [0.25, 0.3) is 0 Å². The van der Waals surface area contributed by atoms with Crippen molar-refractivity contribution in [1.29, 1.82) is 0 Å². The summed E-state index contributed by atoms with van der Waals surface area (Å²) < 4.78 is 0. The fourth-order valence-corrected chi connectivity index (χ4v) is 2.23. The summed E-state index contributed by atoms with van der Waals surface area (Å²) >= 11 is 0. The minimum atomic E-state index is 0.361. The Balaban J connectivity index is 2.45. The average molecular weight is 218 g/mol. The minimum Gasteiger partial charge on any atom is -0.507 e. The van der Waals surface area contributed by atoms with E-state index in [1.165, 1.54) is 5.56 Å². The molecule has 0 saturated heterocycles. The molecule has 0 saturated carbocycles. The number of rotatable bonds is 3. The van der Waals surface area contributed by atoms with Gasteiger partial charge in [-0.15, -0.1) is 0 Å². The Morgan fingerprint density at radius 2 is 2.12 bits per heavy atom. The van der Waals surface area contributed by atoms with Crippen LogP contribution in [0.1, 0.15) is 18.4 Å². The van der Waals surface area contributed by atoms with Crippen molar-refractivity contribution in [3.63, 3.8) is 0 Å². The highest BCUT2D eigenvalue weighted by Crippen LogP contribution is 2.32. The maximum absolute atomic E-state index is 9.89. The lowest BCUT2D eigenvalue weighted by molar-refractivity contribution is 0.383. The molecule has 2 rings (SSSR count). The van der Waals surface area contributed by atoms with Gasteiger partial charge >= 0.3 is 0 Å². The van der Waals surface area contributed by atoms with Gasteiger partial charge in [0.15, 0.2) is 0 Å². The van der Waals surface area contributed by atoms with Crippen LogP contribution >= 0.6 is 0 Å². The highest BCUT2D eigenvalue weighted by molar-refractivity contribution is 5.89. The Morgan fingerprint density at radius 1 is 1.38 bits per heavy atom. The zero-order valence-corrected chi connectivity index (χ0v) is 9.99. The van der Waals surface area contributed by atoms with Crippen LogP contribution in [0.15, 0.2) is 24.4 Å². The van der Waals surface area contributed by atoms with Crippen LogP contribution in [0.4, 0.5) is 0 Å². The lowest BCUT2D eigenvalue weighted by Gasteiger charge is -2.16. The van der Waals surface area contributed by atoms with Gasteiger partial charge in [-0.1, -0.05) is 13.0 Å². The summed E-state index contributed by atoms with van der Waals surface area (Å²) in [5, 5.41) is 10.8. The minimum absolute atomic E-state index is 0.361. The molecule has 0 aliphatic rings. The Morgan fingerprint density at radius 3 is 2.81 bits per heavy atom. The molecule has 0 amide bonds. The molecular formula is C13H18N2O. The zero-order valence-electron chi connectivity index (χ0n) is 9.99. The second-order valence-electron chi connectivity index (χ2n) is 4.61. The number of hydrogen-bond acceptors (Lipinski definition) is 2. The van der Waals surface area contributed by atoms with Crippen LogP contribution in [-0.2, 0) is 0 Å². The maximum Gasteiger partial charge on any atom is 0.125 e. The molecule has 1 aromatic carbocycles. The van der Waals surface area contributed by atoms with Crippen LogP contribution < -0.4 is 0 Å². The zero-order chi connectivity index (χ0) is 11.7. The van der Waals surface area contributed by atoms with Crippen LogP contribution in [0.2, 0.25) is 0 Å². The van der Waals surface area contributed by atoms with Crippen LogP contribution in [0.3, 0.4) is 0 Å². The fourth-order valence-electron chi connectivity index (χ4n) is 2.23. The lowest BCUT2D eigenvalue weighted by Crippen LogP contribution is -2.18. The van der Waals surface area contributed by atoms with E-state index in [1.54, 1.807) is 6.07 Å². The van der Waals surface area contributed by atoms with Crippen molar-refractivity contribution in [2.24, 2.45) is 0 Å². The number of fused-ring (bicyclic) bond motifs is 1. The van der Waals surface area contributed by atoms with E-state index in [1.807, 2.05) is 18.3 Å². The van der Waals surface area contributed by atoms with E-state index >= 15 is 0 Å². The molecule has 0 spiro atoms. The molecule has 1 unspecified atom stereocenters. The molecule has 16 heavy (non-hydrogen) atoms. The molecule has 0 radical (unpaired) electrons. The van der Waals surface area contributed by atoms with Crippen molar-refractivity contribution in [1.82, 2.24) is 9.88 Å². The van der Waals surface area contributed by atoms with Crippen molar-refractivity contribution in [3.8, 4) is 5.75 Å². The molecule has 0 fully saturated rings. The number of aromatic hydroxyl groups is 1. The van der Waals surface area contributed by atoms with E-state index in [2.05, 4.69) is 30.9 Å². The van der Waals surface area contributed by atoms with Gasteiger partial charge in [0, 0.05) is 23.6 Å². The third-order valence-corrected chi connectivity index (χ3v) is 2.88. The average Bonchev–Trinajstić information content (AvgIpc) is 2.61. The highest BCUT2D eigenvalue weighted by atomic mass is 16.3. The molecule has 1 atom stereocenters. The highest BCUT2D eigenvalue weighted by Gasteiger charge is 2.14. The molecular weight excluding hydrogens is 200 g/mol. The Labute approximate surface area is 95.7 Å². The number of phenolic OH excluding ortho intramolecular Hbond substituents is 1. The van der Waals surface area contributed by atoms with Gasteiger partial charge < -0.3 is 15.0 Å². The fraction of sp³-hybridized carbons (Fsp3) is 0.385. The molecule has 0 aliphatic carbocycles. The summed E-state index contributed by atoms with van der Waals surface area (Å²) in [4.78, 5) is 5.36. The van der Waals surface area contributed by atoms with E-state index in [4.69, 9.17) is 0 Å². The molecule has 0 aliphatic heterocycles. The summed E-state index contributed by atoms with van der Waals surface area (Å²) in [5.41, 5.74) is 2.18. The third kappa shape index (κ3) is 1.91. The van der Waals surface area contributed by atoms with Crippen molar-refractivity contribution in [3.05, 3.63) is 30.0 Å². The predicted octanol–water partition coefficient (Wildman–Crippen LogP) is 2.54. The first kappa shape index (κ1) is 11.0. The molecule has 86 valence electrons. The normalized spacial score (nSPS) is 13.5. The third-order valence-electron chi connectivity index (χ3n) is 2.88. The summed E-state index contributed by atoms with van der Waals surface area (Å²) in [6.45, 7) is 3.15. The van der Waals surface area contributed by atoms with Gasteiger partial charge in [0.1, 0.15) is 5.75 Å². The monoisotopic (exact) mass is 218 g/mol. The van der Waals surface area contributed by atoms with E-state index in [0.717, 1.165) is 17.4 Å². The summed E-state index contributed by atoms with van der Waals surface area (Å²) in [6.07, 6.45) is 2.00. The van der Waals surface area contributed by atoms with Gasteiger partial charge in [-0.3, -0.25) is 0 Å². The Bertz CT molecular complexity index is 488. The van der Waals surface area contributed by atoms with E-state index < -0.39 is 0 Å². The number of likely N-dealkylation sites (N-methyl/N-ethyl adjacent to an activating group) is 1. The Hall–Kier alpha value is -1.48. The number of hydrogen-bond donors (Lipinski definition) is 2. The largest absolute Gasteiger partial charge is 0.507 e. The number of benzene rings is 1. The molecule has 1 heterocycles. The molecule has 3 heteroatoms. The van der Waals surface area contributed by atoms with E-state index in [-0.39, 0.29) is 0 Å². The summed E-state index contributed by atoms with van der Waals surface area (Å²) in [5.74, 6) is 0.761. The first-order valence-electron chi connectivity index (χ1n) is 5.53. The van der Waals surface area contributed by atoms with Crippen LogP contribution in [0.5, 0.6) is 5.75 Å². The number of phenols is 1. The van der Waals surface area contributed by atoms with Crippen LogP contribution in [0, 0.1) is 0 Å². The molecule has 3 nitrogen and oxygen atoms in total. The maximum atomic E-state index is 9.89. The number of H-pyrrole nitrogens is 1. The van der Waals surface area contributed by atoms with Gasteiger partial charge in [0.2, 0.25) is 0 Å². The van der Waals surface area contributed by atoms with Gasteiger partial charge in [-0.25, -0.2) is 0 Å². The first-order valence-corrected chi connectivity index (χ1v) is 5.53. The van der Waals surface area contributed by atoms with Gasteiger partial charge in [0.05, 0.1) is 0 Å². The van der Waals surface area contributed by atoms with Crippen molar-refractivity contribution >= 4 is 10.9 Å². The second kappa shape index (κ2) is 4.18. The van der Waals surface area contributed by atoms with E-state index in [0.29, 0.717) is 11.7 Å². The number of aromatic nitrogens is 1. The first-order chi connectivity index (χ1) is 7.59. The number of nitrogens with zero attached hydrogens (tertiary/aromatic N) is 1. The summed E-state index contributed by atoms with van der Waals surface area (Å²) in [6, 6.07) is 5.58. The topological polar surface area (TPSA) is 39.3 Å². The Kier molecular flexibility index (Phi) is 2.88. The van der Waals surface area contributed by atoms with Crippen molar-refractivity contribution in [2.75, 3.05) is 20.6 Å². The van der Waals surface area contributed by atoms with Crippen LogP contribution in [0.25, 0.3) is 10.9 Å². The predicted molar refractivity (Wildman–Crippen MR) is 66.9 cm³/mol.